The molecule has 138 valence electrons. The number of nitrogens with zero attached hydrogens (tertiary/aromatic N) is 1. The van der Waals surface area contributed by atoms with Gasteiger partial charge in [-0.15, -0.1) is 0 Å². The minimum atomic E-state index is -0.344. The van der Waals surface area contributed by atoms with Gasteiger partial charge >= 0.3 is 0 Å². The van der Waals surface area contributed by atoms with E-state index in [1.807, 2.05) is 56.9 Å². The molecule has 2 rings (SSSR count). The SMILES string of the molecule is CCOc1ccc(CC(=O)NC2CCN(C(=O)C(C)(C)C)CC2)cc1. The lowest BCUT2D eigenvalue weighted by Gasteiger charge is -2.36. The highest BCUT2D eigenvalue weighted by Crippen LogP contribution is 2.21. The van der Waals surface area contributed by atoms with Gasteiger partial charge in [-0.25, -0.2) is 0 Å². The van der Waals surface area contributed by atoms with Gasteiger partial charge in [0.05, 0.1) is 13.0 Å². The Morgan fingerprint density at radius 1 is 1.16 bits per heavy atom. The van der Waals surface area contributed by atoms with Gasteiger partial charge in [-0.1, -0.05) is 32.9 Å². The van der Waals surface area contributed by atoms with Crippen molar-refractivity contribution in [3.63, 3.8) is 0 Å². The third kappa shape index (κ3) is 5.76. The van der Waals surface area contributed by atoms with Gasteiger partial charge in [0.2, 0.25) is 11.8 Å². The molecule has 1 aromatic rings. The van der Waals surface area contributed by atoms with E-state index in [4.69, 9.17) is 4.74 Å². The molecule has 0 atom stereocenters. The molecule has 0 unspecified atom stereocenters. The first-order valence-corrected chi connectivity index (χ1v) is 9.10. The number of rotatable bonds is 5. The van der Waals surface area contributed by atoms with Crippen molar-refractivity contribution in [3.8, 4) is 5.75 Å². The predicted octanol–water partition coefficient (Wildman–Crippen LogP) is 2.78. The van der Waals surface area contributed by atoms with Crippen LogP contribution in [0, 0.1) is 5.41 Å². The summed E-state index contributed by atoms with van der Waals surface area (Å²) in [5, 5.41) is 3.10. The number of amides is 2. The smallest absolute Gasteiger partial charge is 0.227 e. The van der Waals surface area contributed by atoms with Crippen LogP contribution < -0.4 is 10.1 Å². The molecule has 0 aromatic heterocycles. The van der Waals surface area contributed by atoms with Crippen LogP contribution in [-0.2, 0) is 16.0 Å². The maximum atomic E-state index is 12.3. The zero-order valence-electron chi connectivity index (χ0n) is 15.8. The molecule has 1 fully saturated rings. The fourth-order valence-electron chi connectivity index (χ4n) is 3.04. The third-order valence-electron chi connectivity index (χ3n) is 4.39. The number of hydrogen-bond acceptors (Lipinski definition) is 3. The van der Waals surface area contributed by atoms with Crippen LogP contribution in [-0.4, -0.2) is 42.5 Å². The van der Waals surface area contributed by atoms with Crippen LogP contribution in [0.4, 0.5) is 0 Å². The standard InChI is InChI=1S/C20H30N2O3/c1-5-25-17-8-6-15(7-9-17)14-18(23)21-16-10-12-22(13-11-16)19(24)20(2,3)4/h6-9,16H,5,10-14H2,1-4H3,(H,21,23). The quantitative estimate of drug-likeness (QED) is 0.892. The first-order valence-electron chi connectivity index (χ1n) is 9.10. The second-order valence-electron chi connectivity index (χ2n) is 7.64. The van der Waals surface area contributed by atoms with Crippen molar-refractivity contribution in [2.75, 3.05) is 19.7 Å². The lowest BCUT2D eigenvalue weighted by atomic mass is 9.93. The number of nitrogens with one attached hydrogen (secondary N) is 1. The maximum Gasteiger partial charge on any atom is 0.227 e. The van der Waals surface area contributed by atoms with Gasteiger partial charge in [0.25, 0.3) is 0 Å². The Balaban J connectivity index is 1.77. The van der Waals surface area contributed by atoms with Crippen LogP contribution in [0.1, 0.15) is 46.1 Å². The van der Waals surface area contributed by atoms with Crippen molar-refractivity contribution in [3.05, 3.63) is 29.8 Å². The van der Waals surface area contributed by atoms with Crippen molar-refractivity contribution in [2.45, 2.75) is 53.0 Å². The van der Waals surface area contributed by atoms with E-state index < -0.39 is 0 Å². The van der Waals surface area contributed by atoms with Gasteiger partial charge in [-0.2, -0.15) is 0 Å². The highest BCUT2D eigenvalue weighted by atomic mass is 16.5. The molecule has 0 saturated carbocycles. The normalized spacial score (nSPS) is 15.8. The molecule has 1 saturated heterocycles. The molecule has 25 heavy (non-hydrogen) atoms. The van der Waals surface area contributed by atoms with Gasteiger partial charge < -0.3 is 15.0 Å². The minimum absolute atomic E-state index is 0.0322. The summed E-state index contributed by atoms with van der Waals surface area (Å²) in [5.41, 5.74) is 0.630. The minimum Gasteiger partial charge on any atom is -0.494 e. The van der Waals surface area contributed by atoms with E-state index in [2.05, 4.69) is 5.32 Å². The van der Waals surface area contributed by atoms with Crippen LogP contribution in [0.3, 0.4) is 0 Å². The lowest BCUT2D eigenvalue weighted by molar-refractivity contribution is -0.140. The molecule has 1 aliphatic heterocycles. The summed E-state index contributed by atoms with van der Waals surface area (Å²) in [4.78, 5) is 26.4. The van der Waals surface area contributed by atoms with E-state index in [0.29, 0.717) is 26.1 Å². The Labute approximate surface area is 150 Å². The number of likely N-dealkylation sites (tertiary alicyclic amines) is 1. The molecular weight excluding hydrogens is 316 g/mol. The number of ether oxygens (including phenoxy) is 1. The molecule has 1 N–H and O–H groups in total. The number of hydrogen-bond donors (Lipinski definition) is 1. The molecule has 1 aliphatic rings. The summed E-state index contributed by atoms with van der Waals surface area (Å²) < 4.78 is 5.41. The molecule has 0 spiro atoms. The zero-order valence-corrected chi connectivity index (χ0v) is 15.8. The van der Waals surface area contributed by atoms with Crippen LogP contribution in [0.5, 0.6) is 5.75 Å². The molecule has 0 aliphatic carbocycles. The molecular formula is C20H30N2O3. The summed E-state index contributed by atoms with van der Waals surface area (Å²) in [7, 11) is 0. The van der Waals surface area contributed by atoms with Gasteiger partial charge in [-0.05, 0) is 37.5 Å². The summed E-state index contributed by atoms with van der Waals surface area (Å²) in [5.74, 6) is 1.04. The van der Waals surface area contributed by atoms with E-state index in [1.54, 1.807) is 0 Å². The molecule has 5 nitrogen and oxygen atoms in total. The largest absolute Gasteiger partial charge is 0.494 e. The summed E-state index contributed by atoms with van der Waals surface area (Å²) in [6.07, 6.45) is 2.00. The topological polar surface area (TPSA) is 58.6 Å². The molecule has 0 bridgehead atoms. The van der Waals surface area contributed by atoms with E-state index in [1.165, 1.54) is 0 Å². The van der Waals surface area contributed by atoms with E-state index >= 15 is 0 Å². The van der Waals surface area contributed by atoms with Gasteiger partial charge in [0.1, 0.15) is 5.75 Å². The number of carbonyl (C=O) groups is 2. The number of carbonyl (C=O) groups excluding carboxylic acids is 2. The summed E-state index contributed by atoms with van der Waals surface area (Å²) >= 11 is 0. The van der Waals surface area contributed by atoms with Crippen molar-refractivity contribution in [2.24, 2.45) is 5.41 Å². The van der Waals surface area contributed by atoms with Crippen LogP contribution in [0.2, 0.25) is 0 Å². The van der Waals surface area contributed by atoms with Gasteiger partial charge in [0, 0.05) is 24.5 Å². The second kappa shape index (κ2) is 8.37. The van der Waals surface area contributed by atoms with E-state index in [9.17, 15) is 9.59 Å². The summed E-state index contributed by atoms with van der Waals surface area (Å²) in [6, 6.07) is 7.79. The van der Waals surface area contributed by atoms with E-state index in [0.717, 1.165) is 24.2 Å². The Bertz CT molecular complexity index is 582. The molecule has 2 amide bonds. The van der Waals surface area contributed by atoms with Gasteiger partial charge in [0.15, 0.2) is 0 Å². The Kier molecular flexibility index (Phi) is 6.45. The first-order chi connectivity index (χ1) is 11.8. The average molecular weight is 346 g/mol. The summed E-state index contributed by atoms with van der Waals surface area (Å²) in [6.45, 7) is 9.84. The van der Waals surface area contributed by atoms with Crippen molar-refractivity contribution >= 4 is 11.8 Å². The molecule has 0 radical (unpaired) electrons. The van der Waals surface area contributed by atoms with Crippen LogP contribution in [0.15, 0.2) is 24.3 Å². The second-order valence-corrected chi connectivity index (χ2v) is 7.64. The fourth-order valence-corrected chi connectivity index (χ4v) is 3.04. The van der Waals surface area contributed by atoms with E-state index in [-0.39, 0.29) is 23.3 Å². The molecule has 1 heterocycles. The zero-order chi connectivity index (χ0) is 18.4. The number of benzene rings is 1. The van der Waals surface area contributed by atoms with Crippen molar-refractivity contribution < 1.29 is 14.3 Å². The molecule has 1 aromatic carbocycles. The van der Waals surface area contributed by atoms with Crippen LogP contribution >= 0.6 is 0 Å². The first kappa shape index (κ1) is 19.3. The van der Waals surface area contributed by atoms with Crippen molar-refractivity contribution in [1.29, 1.82) is 0 Å². The average Bonchev–Trinajstić information content (AvgIpc) is 2.56. The van der Waals surface area contributed by atoms with Gasteiger partial charge in [-0.3, -0.25) is 9.59 Å². The Morgan fingerprint density at radius 3 is 2.28 bits per heavy atom. The predicted molar refractivity (Wildman–Crippen MR) is 98.5 cm³/mol. The fraction of sp³-hybridized carbons (Fsp3) is 0.600. The maximum absolute atomic E-state index is 12.3. The lowest BCUT2D eigenvalue weighted by Crippen LogP contribution is -2.49. The Hall–Kier alpha value is -2.04. The highest BCUT2D eigenvalue weighted by Gasteiger charge is 2.30. The van der Waals surface area contributed by atoms with Crippen LogP contribution in [0.25, 0.3) is 0 Å². The monoisotopic (exact) mass is 346 g/mol. The Morgan fingerprint density at radius 2 is 1.76 bits per heavy atom. The number of piperidine rings is 1. The highest BCUT2D eigenvalue weighted by molar-refractivity contribution is 5.82. The molecule has 5 heteroatoms. The van der Waals surface area contributed by atoms with Crippen molar-refractivity contribution in [1.82, 2.24) is 10.2 Å². The third-order valence-corrected chi connectivity index (χ3v) is 4.39.